The van der Waals surface area contributed by atoms with Crippen molar-refractivity contribution in [1.29, 1.82) is 0 Å². The van der Waals surface area contributed by atoms with Crippen molar-refractivity contribution in [2.45, 2.75) is 34.8 Å². The van der Waals surface area contributed by atoms with E-state index < -0.39 is 0 Å². The highest BCUT2D eigenvalue weighted by Gasteiger charge is 2.08. The Labute approximate surface area is 125 Å². The van der Waals surface area contributed by atoms with Gasteiger partial charge in [0.25, 0.3) is 0 Å². The van der Waals surface area contributed by atoms with Crippen LogP contribution in [-0.4, -0.2) is 11.0 Å². The summed E-state index contributed by atoms with van der Waals surface area (Å²) in [5, 5.41) is 0.721. The molecule has 0 bridgehead atoms. The van der Waals surface area contributed by atoms with Crippen LogP contribution in [0.4, 0.5) is 0 Å². The number of hydrogen-bond acceptors (Lipinski definition) is 2. The molecule has 0 saturated heterocycles. The molecule has 0 aliphatic heterocycles. The molecule has 19 heavy (non-hydrogen) atoms. The molecule has 2 rings (SSSR count). The van der Waals surface area contributed by atoms with Crippen molar-refractivity contribution >= 4 is 23.5 Å². The highest BCUT2D eigenvalue weighted by molar-refractivity contribution is 8.00. The fourth-order valence-corrected chi connectivity index (χ4v) is 4.10. The molecule has 2 aromatic rings. The van der Waals surface area contributed by atoms with Gasteiger partial charge in [0.1, 0.15) is 0 Å². The van der Waals surface area contributed by atoms with Crippen LogP contribution in [0.2, 0.25) is 0 Å². The minimum Gasteiger partial charge on any atom is -0.126 e. The van der Waals surface area contributed by atoms with E-state index in [4.69, 9.17) is 0 Å². The summed E-state index contributed by atoms with van der Waals surface area (Å²) in [6.45, 7) is 2.29. The van der Waals surface area contributed by atoms with E-state index >= 15 is 0 Å². The zero-order valence-corrected chi connectivity index (χ0v) is 12.9. The third kappa shape index (κ3) is 5.33. The molecule has 0 spiro atoms. The maximum Gasteiger partial charge on any atom is 0.00997 e. The first kappa shape index (κ1) is 14.5. The molecular weight excluding hydrogens is 268 g/mol. The summed E-state index contributed by atoms with van der Waals surface area (Å²) in [5.74, 6) is 1.20. The number of hydrogen-bond donors (Lipinski definition) is 0. The second-order valence-electron chi connectivity index (χ2n) is 4.41. The molecule has 0 saturated carbocycles. The zero-order chi connectivity index (χ0) is 13.3. The monoisotopic (exact) mass is 288 g/mol. The number of benzene rings is 2. The SMILES string of the molecule is CCC(CCSc1ccccc1)Sc1ccccc1. The summed E-state index contributed by atoms with van der Waals surface area (Å²) in [5.41, 5.74) is 0. The quantitative estimate of drug-likeness (QED) is 0.596. The van der Waals surface area contributed by atoms with Gasteiger partial charge in [-0.1, -0.05) is 43.3 Å². The molecule has 1 atom stereocenters. The van der Waals surface area contributed by atoms with E-state index in [0.717, 1.165) is 5.25 Å². The molecule has 0 aromatic heterocycles. The largest absolute Gasteiger partial charge is 0.126 e. The Morgan fingerprint density at radius 2 is 1.42 bits per heavy atom. The third-order valence-electron chi connectivity index (χ3n) is 2.95. The second-order valence-corrected chi connectivity index (χ2v) is 6.95. The van der Waals surface area contributed by atoms with Crippen LogP contribution in [0.15, 0.2) is 70.5 Å². The Balaban J connectivity index is 1.77. The second kappa shape index (κ2) is 8.34. The summed E-state index contributed by atoms with van der Waals surface area (Å²) >= 11 is 3.97. The number of rotatable bonds is 7. The molecule has 1 unspecified atom stereocenters. The summed E-state index contributed by atoms with van der Waals surface area (Å²) < 4.78 is 0. The lowest BCUT2D eigenvalue weighted by Crippen LogP contribution is -2.02. The summed E-state index contributed by atoms with van der Waals surface area (Å²) in [6, 6.07) is 21.4. The van der Waals surface area contributed by atoms with E-state index in [1.54, 1.807) is 0 Å². The fraction of sp³-hybridized carbons (Fsp3) is 0.294. The molecule has 0 radical (unpaired) electrons. The Morgan fingerprint density at radius 1 is 0.842 bits per heavy atom. The van der Waals surface area contributed by atoms with Gasteiger partial charge in [0.2, 0.25) is 0 Å². The van der Waals surface area contributed by atoms with Gasteiger partial charge in [-0.2, -0.15) is 0 Å². The standard InChI is InChI=1S/C17H20S2/c1-2-15(19-17-11-7-4-8-12-17)13-14-18-16-9-5-3-6-10-16/h3-12,15H,2,13-14H2,1H3. The molecule has 0 heterocycles. The van der Waals surface area contributed by atoms with Crippen LogP contribution in [0.5, 0.6) is 0 Å². The molecular formula is C17H20S2. The van der Waals surface area contributed by atoms with Gasteiger partial charge in [0, 0.05) is 15.0 Å². The molecule has 0 aliphatic rings. The molecule has 0 fully saturated rings. The van der Waals surface area contributed by atoms with Crippen LogP contribution in [-0.2, 0) is 0 Å². The van der Waals surface area contributed by atoms with Crippen LogP contribution in [0, 0.1) is 0 Å². The Bertz CT molecular complexity index is 453. The zero-order valence-electron chi connectivity index (χ0n) is 11.3. The number of thioether (sulfide) groups is 2. The Morgan fingerprint density at radius 3 is 2.00 bits per heavy atom. The van der Waals surface area contributed by atoms with Crippen molar-refractivity contribution in [3.8, 4) is 0 Å². The van der Waals surface area contributed by atoms with E-state index in [1.165, 1.54) is 28.4 Å². The fourth-order valence-electron chi connectivity index (χ4n) is 1.86. The van der Waals surface area contributed by atoms with Gasteiger partial charge >= 0.3 is 0 Å². The lowest BCUT2D eigenvalue weighted by atomic mass is 10.3. The van der Waals surface area contributed by atoms with E-state index in [2.05, 4.69) is 67.6 Å². The van der Waals surface area contributed by atoms with E-state index in [0.29, 0.717) is 0 Å². The van der Waals surface area contributed by atoms with Gasteiger partial charge < -0.3 is 0 Å². The van der Waals surface area contributed by atoms with Crippen LogP contribution in [0.25, 0.3) is 0 Å². The maximum atomic E-state index is 2.29. The van der Waals surface area contributed by atoms with Crippen LogP contribution >= 0.6 is 23.5 Å². The van der Waals surface area contributed by atoms with Crippen molar-refractivity contribution in [2.24, 2.45) is 0 Å². The average Bonchev–Trinajstić information content (AvgIpc) is 2.48. The van der Waals surface area contributed by atoms with Crippen molar-refractivity contribution < 1.29 is 0 Å². The summed E-state index contributed by atoms with van der Waals surface area (Å²) in [4.78, 5) is 2.76. The van der Waals surface area contributed by atoms with Crippen molar-refractivity contribution in [3.63, 3.8) is 0 Å². The minimum absolute atomic E-state index is 0.721. The van der Waals surface area contributed by atoms with Crippen LogP contribution in [0.1, 0.15) is 19.8 Å². The summed E-state index contributed by atoms with van der Waals surface area (Å²) in [6.07, 6.45) is 2.49. The predicted octanol–water partition coefficient (Wildman–Crippen LogP) is 5.74. The minimum atomic E-state index is 0.721. The molecule has 2 aromatic carbocycles. The molecule has 0 N–H and O–H groups in total. The van der Waals surface area contributed by atoms with Gasteiger partial charge in [0.05, 0.1) is 0 Å². The van der Waals surface area contributed by atoms with Crippen molar-refractivity contribution in [3.05, 3.63) is 60.7 Å². The highest BCUT2D eigenvalue weighted by Crippen LogP contribution is 2.29. The molecule has 2 heteroatoms. The lowest BCUT2D eigenvalue weighted by Gasteiger charge is -2.14. The first-order valence-electron chi connectivity index (χ1n) is 6.78. The van der Waals surface area contributed by atoms with E-state index in [1.807, 2.05) is 23.5 Å². The van der Waals surface area contributed by atoms with Gasteiger partial charge in [-0.15, -0.1) is 23.5 Å². The summed E-state index contributed by atoms with van der Waals surface area (Å²) in [7, 11) is 0. The van der Waals surface area contributed by atoms with Crippen molar-refractivity contribution in [2.75, 3.05) is 5.75 Å². The third-order valence-corrected chi connectivity index (χ3v) is 5.45. The first-order chi connectivity index (χ1) is 9.38. The normalized spacial score (nSPS) is 12.3. The van der Waals surface area contributed by atoms with Crippen LogP contribution < -0.4 is 0 Å². The molecule has 0 amide bonds. The smallest absolute Gasteiger partial charge is 0.00997 e. The lowest BCUT2D eigenvalue weighted by molar-refractivity contribution is 0.799. The average molecular weight is 288 g/mol. The van der Waals surface area contributed by atoms with Gasteiger partial charge in [-0.05, 0) is 42.9 Å². The predicted molar refractivity (Wildman–Crippen MR) is 88.2 cm³/mol. The first-order valence-corrected chi connectivity index (χ1v) is 8.64. The van der Waals surface area contributed by atoms with E-state index in [-0.39, 0.29) is 0 Å². The van der Waals surface area contributed by atoms with Gasteiger partial charge in [0.15, 0.2) is 0 Å². The Hall–Kier alpha value is -0.860. The Kier molecular flexibility index (Phi) is 6.38. The molecule has 100 valence electrons. The van der Waals surface area contributed by atoms with E-state index in [9.17, 15) is 0 Å². The van der Waals surface area contributed by atoms with Crippen molar-refractivity contribution in [1.82, 2.24) is 0 Å². The van der Waals surface area contributed by atoms with Gasteiger partial charge in [-0.25, -0.2) is 0 Å². The maximum absolute atomic E-state index is 2.29. The molecule has 0 nitrogen and oxygen atoms in total. The molecule has 0 aliphatic carbocycles. The van der Waals surface area contributed by atoms with Crippen LogP contribution in [0.3, 0.4) is 0 Å². The van der Waals surface area contributed by atoms with Gasteiger partial charge in [-0.3, -0.25) is 0 Å². The topological polar surface area (TPSA) is 0 Å². The highest BCUT2D eigenvalue weighted by atomic mass is 32.2.